The zero-order valence-electron chi connectivity index (χ0n) is 9.66. The molecule has 1 aliphatic heterocycles. The number of hydrogen-bond donors (Lipinski definition) is 0. The molecule has 3 nitrogen and oxygen atoms in total. The summed E-state index contributed by atoms with van der Waals surface area (Å²) in [4.78, 5) is 11.3. The molecule has 1 aromatic rings. The van der Waals surface area contributed by atoms with E-state index < -0.39 is 0 Å². The molecule has 0 amide bonds. The summed E-state index contributed by atoms with van der Waals surface area (Å²) in [6.07, 6.45) is 1.40. The number of aryl methyl sites for hydroxylation is 1. The van der Waals surface area contributed by atoms with E-state index in [4.69, 9.17) is 4.74 Å². The summed E-state index contributed by atoms with van der Waals surface area (Å²) in [5.74, 6) is 0.878. The monoisotopic (exact) mass is 220 g/mol. The van der Waals surface area contributed by atoms with Crippen LogP contribution >= 0.6 is 0 Å². The van der Waals surface area contributed by atoms with Crippen molar-refractivity contribution < 1.29 is 14.3 Å². The van der Waals surface area contributed by atoms with Crippen molar-refractivity contribution in [2.75, 3.05) is 13.7 Å². The molecule has 2 rings (SSSR count). The molecule has 0 unspecified atom stereocenters. The lowest BCUT2D eigenvalue weighted by atomic mass is 9.96. The number of carbonyl (C=O) groups excluding carboxylic acids is 1. The van der Waals surface area contributed by atoms with Crippen LogP contribution in [0.15, 0.2) is 18.2 Å². The molecular formula is C13H16O3. The first-order valence-electron chi connectivity index (χ1n) is 5.57. The third-order valence-corrected chi connectivity index (χ3v) is 3.00. The third kappa shape index (κ3) is 2.03. The van der Waals surface area contributed by atoms with Crippen LogP contribution in [0.4, 0.5) is 0 Å². The average Bonchev–Trinajstić information content (AvgIpc) is 2.71. The van der Waals surface area contributed by atoms with E-state index in [0.717, 1.165) is 17.7 Å². The maximum Gasteiger partial charge on any atom is 0.306 e. The first-order chi connectivity index (χ1) is 7.74. The highest BCUT2D eigenvalue weighted by Gasteiger charge is 2.26. The van der Waals surface area contributed by atoms with Crippen LogP contribution in [0.2, 0.25) is 0 Å². The Morgan fingerprint density at radius 1 is 1.56 bits per heavy atom. The van der Waals surface area contributed by atoms with Gasteiger partial charge in [0.25, 0.3) is 0 Å². The molecule has 86 valence electrons. The zero-order valence-corrected chi connectivity index (χ0v) is 9.66. The summed E-state index contributed by atoms with van der Waals surface area (Å²) in [6, 6.07) is 6.20. The van der Waals surface area contributed by atoms with Crippen LogP contribution in [-0.2, 0) is 16.0 Å². The molecule has 0 aliphatic carbocycles. The molecule has 1 atom stereocenters. The van der Waals surface area contributed by atoms with Gasteiger partial charge in [0.1, 0.15) is 5.75 Å². The van der Waals surface area contributed by atoms with Gasteiger partial charge in [-0.2, -0.15) is 0 Å². The number of esters is 1. The SMILES string of the molecule is CCc1ccc2c(c1)[C@H](CC(=O)OC)CO2. The highest BCUT2D eigenvalue weighted by atomic mass is 16.5. The van der Waals surface area contributed by atoms with Crippen LogP contribution in [0.1, 0.15) is 30.4 Å². The Kier molecular flexibility index (Phi) is 3.13. The van der Waals surface area contributed by atoms with Crippen molar-refractivity contribution in [1.29, 1.82) is 0 Å². The second-order valence-electron chi connectivity index (χ2n) is 4.01. The number of benzene rings is 1. The fraction of sp³-hybridized carbons (Fsp3) is 0.462. The summed E-state index contributed by atoms with van der Waals surface area (Å²) in [5, 5.41) is 0. The Morgan fingerprint density at radius 2 is 2.38 bits per heavy atom. The van der Waals surface area contributed by atoms with E-state index in [1.54, 1.807) is 0 Å². The minimum Gasteiger partial charge on any atom is -0.493 e. The number of carbonyl (C=O) groups is 1. The molecule has 1 aromatic carbocycles. The highest BCUT2D eigenvalue weighted by Crippen LogP contribution is 2.36. The van der Waals surface area contributed by atoms with Crippen molar-refractivity contribution in [3.8, 4) is 5.75 Å². The molecule has 16 heavy (non-hydrogen) atoms. The predicted octanol–water partition coefficient (Wildman–Crippen LogP) is 2.29. The lowest BCUT2D eigenvalue weighted by molar-refractivity contribution is -0.141. The van der Waals surface area contributed by atoms with Gasteiger partial charge in [-0.25, -0.2) is 0 Å². The van der Waals surface area contributed by atoms with E-state index in [9.17, 15) is 4.79 Å². The second-order valence-corrected chi connectivity index (χ2v) is 4.01. The topological polar surface area (TPSA) is 35.5 Å². The normalized spacial score (nSPS) is 17.8. The molecule has 3 heteroatoms. The largest absolute Gasteiger partial charge is 0.493 e. The molecule has 0 saturated carbocycles. The van der Waals surface area contributed by atoms with Crippen molar-refractivity contribution in [3.05, 3.63) is 29.3 Å². The minimum absolute atomic E-state index is 0.147. The van der Waals surface area contributed by atoms with Gasteiger partial charge in [0.2, 0.25) is 0 Å². The zero-order chi connectivity index (χ0) is 11.5. The van der Waals surface area contributed by atoms with Crippen molar-refractivity contribution >= 4 is 5.97 Å². The molecule has 0 bridgehead atoms. The Morgan fingerprint density at radius 3 is 3.06 bits per heavy atom. The van der Waals surface area contributed by atoms with Gasteiger partial charge in [-0.1, -0.05) is 19.1 Å². The van der Waals surface area contributed by atoms with E-state index >= 15 is 0 Å². The molecule has 1 heterocycles. The van der Waals surface area contributed by atoms with E-state index in [2.05, 4.69) is 23.8 Å². The fourth-order valence-corrected chi connectivity index (χ4v) is 2.00. The molecule has 0 N–H and O–H groups in total. The number of fused-ring (bicyclic) bond motifs is 1. The van der Waals surface area contributed by atoms with Gasteiger partial charge in [-0.15, -0.1) is 0 Å². The molecule has 0 spiro atoms. The Labute approximate surface area is 95.4 Å². The quantitative estimate of drug-likeness (QED) is 0.733. The van der Waals surface area contributed by atoms with E-state index in [-0.39, 0.29) is 11.9 Å². The number of hydrogen-bond acceptors (Lipinski definition) is 3. The Hall–Kier alpha value is -1.51. The number of ether oxygens (including phenoxy) is 2. The summed E-state index contributed by atoms with van der Waals surface area (Å²) >= 11 is 0. The molecule has 0 fully saturated rings. The van der Waals surface area contributed by atoms with Gasteiger partial charge in [0, 0.05) is 11.5 Å². The standard InChI is InChI=1S/C13H16O3/c1-3-9-4-5-12-11(6-9)10(8-16-12)7-13(14)15-2/h4-6,10H,3,7-8H2,1-2H3/t10-/m1/s1. The highest BCUT2D eigenvalue weighted by molar-refractivity contribution is 5.71. The minimum atomic E-state index is -0.177. The van der Waals surface area contributed by atoms with Gasteiger partial charge in [0.05, 0.1) is 20.1 Å². The molecule has 0 aromatic heterocycles. The van der Waals surface area contributed by atoms with E-state index in [0.29, 0.717) is 13.0 Å². The lowest BCUT2D eigenvalue weighted by Crippen LogP contribution is -2.09. The second kappa shape index (κ2) is 4.56. The first-order valence-corrected chi connectivity index (χ1v) is 5.57. The van der Waals surface area contributed by atoms with Gasteiger partial charge < -0.3 is 9.47 Å². The van der Waals surface area contributed by atoms with Crippen molar-refractivity contribution in [2.24, 2.45) is 0 Å². The maximum atomic E-state index is 11.3. The number of methoxy groups -OCH3 is 1. The summed E-state index contributed by atoms with van der Waals surface area (Å²) in [5.41, 5.74) is 2.42. The van der Waals surface area contributed by atoms with Crippen LogP contribution < -0.4 is 4.74 Å². The first kappa shape index (κ1) is 11.0. The predicted molar refractivity (Wildman–Crippen MR) is 60.7 cm³/mol. The fourth-order valence-electron chi connectivity index (χ4n) is 2.00. The van der Waals surface area contributed by atoms with Crippen molar-refractivity contribution in [1.82, 2.24) is 0 Å². The van der Waals surface area contributed by atoms with Gasteiger partial charge in [-0.05, 0) is 18.1 Å². The van der Waals surface area contributed by atoms with E-state index in [1.807, 2.05) is 6.07 Å². The van der Waals surface area contributed by atoms with Gasteiger partial charge >= 0.3 is 5.97 Å². The van der Waals surface area contributed by atoms with Gasteiger partial charge in [-0.3, -0.25) is 4.79 Å². The van der Waals surface area contributed by atoms with Crippen LogP contribution in [0, 0.1) is 0 Å². The van der Waals surface area contributed by atoms with Crippen LogP contribution in [0.3, 0.4) is 0 Å². The Balaban J connectivity index is 2.20. The summed E-state index contributed by atoms with van der Waals surface area (Å²) in [7, 11) is 1.42. The maximum absolute atomic E-state index is 11.3. The average molecular weight is 220 g/mol. The molecular weight excluding hydrogens is 204 g/mol. The molecule has 0 radical (unpaired) electrons. The molecule has 0 saturated heterocycles. The Bertz CT molecular complexity index is 398. The van der Waals surface area contributed by atoms with Crippen LogP contribution in [-0.4, -0.2) is 19.7 Å². The number of rotatable bonds is 3. The summed E-state index contributed by atoms with van der Waals surface area (Å²) < 4.78 is 10.2. The smallest absolute Gasteiger partial charge is 0.306 e. The molecule has 1 aliphatic rings. The third-order valence-electron chi connectivity index (χ3n) is 3.00. The lowest BCUT2D eigenvalue weighted by Gasteiger charge is -2.07. The summed E-state index contributed by atoms with van der Waals surface area (Å²) in [6.45, 7) is 2.70. The van der Waals surface area contributed by atoms with E-state index in [1.165, 1.54) is 12.7 Å². The van der Waals surface area contributed by atoms with Crippen molar-refractivity contribution in [3.63, 3.8) is 0 Å². The van der Waals surface area contributed by atoms with Crippen molar-refractivity contribution in [2.45, 2.75) is 25.7 Å². The van der Waals surface area contributed by atoms with Crippen LogP contribution in [0.5, 0.6) is 5.75 Å². The van der Waals surface area contributed by atoms with Gasteiger partial charge in [0.15, 0.2) is 0 Å². The van der Waals surface area contributed by atoms with Crippen LogP contribution in [0.25, 0.3) is 0 Å².